The van der Waals surface area contributed by atoms with Crippen molar-refractivity contribution in [1.82, 2.24) is 15.2 Å². The summed E-state index contributed by atoms with van der Waals surface area (Å²) in [6, 6.07) is 10.1. The van der Waals surface area contributed by atoms with Crippen LogP contribution in [0.5, 0.6) is 0 Å². The highest BCUT2D eigenvalue weighted by Crippen LogP contribution is 2.32. The summed E-state index contributed by atoms with van der Waals surface area (Å²) in [6.45, 7) is 2.25. The monoisotopic (exact) mass is 341 g/mol. The van der Waals surface area contributed by atoms with Crippen LogP contribution in [-0.2, 0) is 22.6 Å². The molecule has 132 valence electrons. The Bertz CT molecular complexity index is 689. The molecular formula is C19H23N3O3. The molecule has 3 atom stereocenters. The number of carbonyl (C=O) groups is 1. The summed E-state index contributed by atoms with van der Waals surface area (Å²) in [5.74, 6) is 0.711. The molecule has 1 N–H and O–H groups in total. The van der Waals surface area contributed by atoms with E-state index in [1.807, 2.05) is 30.5 Å². The minimum absolute atomic E-state index is 0.0435. The van der Waals surface area contributed by atoms with Gasteiger partial charge < -0.3 is 14.5 Å². The van der Waals surface area contributed by atoms with E-state index in [0.29, 0.717) is 12.6 Å². The standard InChI is InChI=1S/C19H23N3O3/c23-19(21-12-15-5-3-11-24-15)18-7-6-16-17(25-18)8-10-22(16)13-14-4-1-2-9-20-14/h1-5,9,11,16-18H,6-8,10,12-13H2,(H,21,23)/t16-,17-,18-/m0/s1. The second-order valence-corrected chi connectivity index (χ2v) is 6.69. The van der Waals surface area contributed by atoms with Crippen molar-refractivity contribution in [1.29, 1.82) is 0 Å². The average molecular weight is 341 g/mol. The predicted octanol–water partition coefficient (Wildman–Crippen LogP) is 2.11. The number of carbonyl (C=O) groups excluding carboxylic acids is 1. The number of furan rings is 1. The van der Waals surface area contributed by atoms with Gasteiger partial charge in [-0.15, -0.1) is 0 Å². The van der Waals surface area contributed by atoms with Crippen LogP contribution in [0.2, 0.25) is 0 Å². The molecule has 2 aliphatic rings. The Morgan fingerprint density at radius 3 is 3.00 bits per heavy atom. The highest BCUT2D eigenvalue weighted by molar-refractivity contribution is 5.80. The maximum atomic E-state index is 12.4. The van der Waals surface area contributed by atoms with Gasteiger partial charge in [-0.05, 0) is 43.5 Å². The second-order valence-electron chi connectivity index (χ2n) is 6.69. The number of aromatic nitrogens is 1. The van der Waals surface area contributed by atoms with Crippen molar-refractivity contribution in [2.75, 3.05) is 6.54 Å². The molecule has 2 aliphatic heterocycles. The SMILES string of the molecule is O=C(NCc1ccco1)[C@@H]1CC[C@H]2[C@H](CCN2Cc2ccccn2)O1. The molecule has 25 heavy (non-hydrogen) atoms. The molecule has 1 amide bonds. The topological polar surface area (TPSA) is 67.6 Å². The van der Waals surface area contributed by atoms with E-state index in [-0.39, 0.29) is 18.1 Å². The summed E-state index contributed by atoms with van der Waals surface area (Å²) in [5.41, 5.74) is 1.08. The number of amides is 1. The number of nitrogens with zero attached hydrogens (tertiary/aromatic N) is 2. The van der Waals surface area contributed by atoms with Gasteiger partial charge in [-0.1, -0.05) is 6.07 Å². The largest absolute Gasteiger partial charge is 0.467 e. The number of hydrogen-bond donors (Lipinski definition) is 1. The number of hydrogen-bond acceptors (Lipinski definition) is 5. The molecular weight excluding hydrogens is 318 g/mol. The van der Waals surface area contributed by atoms with Crippen molar-refractivity contribution in [3.8, 4) is 0 Å². The van der Waals surface area contributed by atoms with E-state index in [9.17, 15) is 4.79 Å². The lowest BCUT2D eigenvalue weighted by Crippen LogP contribution is -2.47. The summed E-state index contributed by atoms with van der Waals surface area (Å²) >= 11 is 0. The summed E-state index contributed by atoms with van der Waals surface area (Å²) < 4.78 is 11.3. The predicted molar refractivity (Wildman–Crippen MR) is 91.5 cm³/mol. The van der Waals surface area contributed by atoms with Gasteiger partial charge in [0.25, 0.3) is 0 Å². The maximum Gasteiger partial charge on any atom is 0.249 e. The molecule has 6 nitrogen and oxygen atoms in total. The first-order chi connectivity index (χ1) is 12.3. The van der Waals surface area contributed by atoms with Crippen LogP contribution >= 0.6 is 0 Å². The van der Waals surface area contributed by atoms with Crippen molar-refractivity contribution in [3.05, 3.63) is 54.2 Å². The second kappa shape index (κ2) is 7.37. The minimum Gasteiger partial charge on any atom is -0.467 e. The third-order valence-electron chi connectivity index (χ3n) is 5.06. The Morgan fingerprint density at radius 1 is 1.24 bits per heavy atom. The molecule has 2 saturated heterocycles. The summed E-state index contributed by atoms with van der Waals surface area (Å²) in [6.07, 6.45) is 5.93. The molecule has 0 spiro atoms. The number of fused-ring (bicyclic) bond motifs is 1. The molecule has 0 saturated carbocycles. The fraction of sp³-hybridized carbons (Fsp3) is 0.474. The Balaban J connectivity index is 1.30. The Morgan fingerprint density at radius 2 is 2.20 bits per heavy atom. The van der Waals surface area contributed by atoms with Crippen LogP contribution in [0.15, 0.2) is 47.2 Å². The minimum atomic E-state index is -0.356. The maximum absolute atomic E-state index is 12.4. The normalized spacial score (nSPS) is 26.3. The van der Waals surface area contributed by atoms with E-state index in [0.717, 1.165) is 43.8 Å². The molecule has 0 aromatic carbocycles. The van der Waals surface area contributed by atoms with Gasteiger partial charge in [0.2, 0.25) is 5.91 Å². The number of rotatable bonds is 5. The number of nitrogens with one attached hydrogen (secondary N) is 1. The van der Waals surface area contributed by atoms with Gasteiger partial charge in [0.15, 0.2) is 0 Å². The van der Waals surface area contributed by atoms with Crippen molar-refractivity contribution in [3.63, 3.8) is 0 Å². The molecule has 0 unspecified atom stereocenters. The third-order valence-corrected chi connectivity index (χ3v) is 5.06. The van der Waals surface area contributed by atoms with Gasteiger partial charge in [0.05, 0.1) is 24.6 Å². The molecule has 2 aromatic rings. The van der Waals surface area contributed by atoms with Crippen LogP contribution in [0.25, 0.3) is 0 Å². The van der Waals surface area contributed by atoms with Gasteiger partial charge in [-0.25, -0.2) is 0 Å². The highest BCUT2D eigenvalue weighted by Gasteiger charge is 2.41. The molecule has 0 radical (unpaired) electrons. The van der Waals surface area contributed by atoms with E-state index in [1.165, 1.54) is 0 Å². The first-order valence-electron chi connectivity index (χ1n) is 8.89. The zero-order chi connectivity index (χ0) is 17.1. The first kappa shape index (κ1) is 16.3. The molecule has 4 rings (SSSR count). The molecule has 2 fully saturated rings. The lowest BCUT2D eigenvalue weighted by atomic mass is 9.98. The van der Waals surface area contributed by atoms with Crippen LogP contribution < -0.4 is 5.32 Å². The van der Waals surface area contributed by atoms with Crippen LogP contribution in [0.3, 0.4) is 0 Å². The van der Waals surface area contributed by atoms with Crippen molar-refractivity contribution >= 4 is 5.91 Å². The number of pyridine rings is 1. The number of ether oxygens (including phenoxy) is 1. The van der Waals surface area contributed by atoms with Crippen molar-refractivity contribution < 1.29 is 13.9 Å². The zero-order valence-corrected chi connectivity index (χ0v) is 14.1. The van der Waals surface area contributed by atoms with Gasteiger partial charge in [-0.3, -0.25) is 14.7 Å². The van der Waals surface area contributed by atoms with E-state index in [4.69, 9.17) is 9.15 Å². The smallest absolute Gasteiger partial charge is 0.249 e. The van der Waals surface area contributed by atoms with Crippen molar-refractivity contribution in [2.24, 2.45) is 0 Å². The third kappa shape index (κ3) is 3.75. The average Bonchev–Trinajstić information content (AvgIpc) is 3.30. The Labute approximate surface area is 147 Å². The van der Waals surface area contributed by atoms with E-state index in [2.05, 4.69) is 21.3 Å². The quantitative estimate of drug-likeness (QED) is 0.902. The van der Waals surface area contributed by atoms with E-state index < -0.39 is 0 Å². The molecule has 4 heterocycles. The van der Waals surface area contributed by atoms with Crippen LogP contribution in [0.1, 0.15) is 30.7 Å². The Hall–Kier alpha value is -2.18. The highest BCUT2D eigenvalue weighted by atomic mass is 16.5. The van der Waals surface area contributed by atoms with Gasteiger partial charge in [0, 0.05) is 25.3 Å². The molecule has 0 bridgehead atoms. The van der Waals surface area contributed by atoms with Crippen LogP contribution in [0.4, 0.5) is 0 Å². The van der Waals surface area contributed by atoms with E-state index in [1.54, 1.807) is 6.26 Å². The van der Waals surface area contributed by atoms with Gasteiger partial charge in [-0.2, -0.15) is 0 Å². The van der Waals surface area contributed by atoms with E-state index >= 15 is 0 Å². The van der Waals surface area contributed by atoms with Crippen molar-refractivity contribution in [2.45, 2.75) is 50.6 Å². The first-order valence-corrected chi connectivity index (χ1v) is 8.89. The lowest BCUT2D eigenvalue weighted by molar-refractivity contribution is -0.144. The fourth-order valence-corrected chi connectivity index (χ4v) is 3.80. The molecule has 2 aromatic heterocycles. The molecule has 6 heteroatoms. The van der Waals surface area contributed by atoms with Gasteiger partial charge >= 0.3 is 0 Å². The number of likely N-dealkylation sites (tertiary alicyclic amines) is 1. The van der Waals surface area contributed by atoms with Gasteiger partial charge in [0.1, 0.15) is 11.9 Å². The summed E-state index contributed by atoms with van der Waals surface area (Å²) in [4.78, 5) is 19.2. The zero-order valence-electron chi connectivity index (χ0n) is 14.1. The van der Waals surface area contributed by atoms with Crippen LogP contribution in [0, 0.1) is 0 Å². The summed E-state index contributed by atoms with van der Waals surface area (Å²) in [7, 11) is 0. The summed E-state index contributed by atoms with van der Waals surface area (Å²) in [5, 5.41) is 2.90. The Kier molecular flexibility index (Phi) is 4.81. The van der Waals surface area contributed by atoms with Crippen LogP contribution in [-0.4, -0.2) is 40.6 Å². The fourth-order valence-electron chi connectivity index (χ4n) is 3.80. The lowest BCUT2D eigenvalue weighted by Gasteiger charge is -2.35. The molecule has 0 aliphatic carbocycles.